The van der Waals surface area contributed by atoms with E-state index in [0.717, 1.165) is 31.3 Å². The topological polar surface area (TPSA) is 60.2 Å². The molecule has 1 saturated carbocycles. The van der Waals surface area contributed by atoms with E-state index >= 15 is 0 Å². The molecule has 1 aromatic heterocycles. The Labute approximate surface area is 101 Å². The first-order valence-electron chi connectivity index (χ1n) is 6.46. The van der Waals surface area contributed by atoms with Gasteiger partial charge in [0.1, 0.15) is 0 Å². The van der Waals surface area contributed by atoms with E-state index in [1.165, 1.54) is 12.8 Å². The second-order valence-electron chi connectivity index (χ2n) is 5.12. The van der Waals surface area contributed by atoms with E-state index in [-0.39, 0.29) is 0 Å². The van der Waals surface area contributed by atoms with Crippen molar-refractivity contribution in [3.05, 3.63) is 11.7 Å². The lowest BCUT2D eigenvalue weighted by atomic mass is 10.0. The van der Waals surface area contributed by atoms with Gasteiger partial charge in [0, 0.05) is 18.6 Å². The third kappa shape index (κ3) is 2.66. The predicted octanol–water partition coefficient (Wildman–Crippen LogP) is 1.46. The zero-order valence-corrected chi connectivity index (χ0v) is 10.2. The summed E-state index contributed by atoms with van der Waals surface area (Å²) < 4.78 is 10.6. The highest BCUT2D eigenvalue weighted by molar-refractivity contribution is 5.01. The summed E-state index contributed by atoms with van der Waals surface area (Å²) in [4.78, 5) is 4.40. The zero-order valence-electron chi connectivity index (χ0n) is 10.2. The Hall–Kier alpha value is -0.940. The van der Waals surface area contributed by atoms with Crippen molar-refractivity contribution >= 4 is 0 Å². The van der Waals surface area contributed by atoms with Gasteiger partial charge < -0.3 is 14.6 Å². The molecule has 1 aromatic rings. The van der Waals surface area contributed by atoms with Crippen molar-refractivity contribution in [1.82, 2.24) is 15.5 Å². The van der Waals surface area contributed by atoms with Gasteiger partial charge in [-0.2, -0.15) is 4.98 Å². The first-order valence-corrected chi connectivity index (χ1v) is 6.46. The lowest BCUT2D eigenvalue weighted by molar-refractivity contribution is 0.178. The smallest absolute Gasteiger partial charge is 0.229 e. The summed E-state index contributed by atoms with van der Waals surface area (Å²) in [6.07, 6.45) is 3.55. The summed E-state index contributed by atoms with van der Waals surface area (Å²) in [5.74, 6) is 2.75. The maximum Gasteiger partial charge on any atom is 0.229 e. The molecule has 0 spiro atoms. The van der Waals surface area contributed by atoms with Gasteiger partial charge in [0.2, 0.25) is 5.89 Å². The van der Waals surface area contributed by atoms with E-state index in [9.17, 15) is 0 Å². The van der Waals surface area contributed by atoms with Crippen LogP contribution in [0.4, 0.5) is 0 Å². The number of nitrogens with zero attached hydrogens (tertiary/aromatic N) is 2. The van der Waals surface area contributed by atoms with E-state index in [0.29, 0.717) is 24.4 Å². The second kappa shape index (κ2) is 4.74. The molecule has 1 N–H and O–H groups in total. The maximum absolute atomic E-state index is 5.38. The minimum Gasteiger partial charge on any atom is -0.381 e. The van der Waals surface area contributed by atoms with Crippen LogP contribution >= 0.6 is 0 Å². The minimum atomic E-state index is 0.445. The fraction of sp³-hybridized carbons (Fsp3) is 0.833. The number of nitrogens with one attached hydrogen (secondary N) is 1. The molecule has 0 radical (unpaired) electrons. The number of hydrogen-bond acceptors (Lipinski definition) is 5. The van der Waals surface area contributed by atoms with Gasteiger partial charge in [0.05, 0.1) is 13.2 Å². The van der Waals surface area contributed by atoms with Crippen LogP contribution in [0.2, 0.25) is 0 Å². The Morgan fingerprint density at radius 2 is 2.29 bits per heavy atom. The van der Waals surface area contributed by atoms with Crippen LogP contribution in [0.25, 0.3) is 0 Å². The van der Waals surface area contributed by atoms with Gasteiger partial charge in [-0.15, -0.1) is 0 Å². The van der Waals surface area contributed by atoms with Crippen LogP contribution in [-0.4, -0.2) is 29.4 Å². The average molecular weight is 237 g/mol. The highest BCUT2D eigenvalue weighted by Gasteiger charge is 2.29. The molecule has 17 heavy (non-hydrogen) atoms. The molecule has 0 amide bonds. The van der Waals surface area contributed by atoms with E-state index in [4.69, 9.17) is 9.26 Å². The quantitative estimate of drug-likeness (QED) is 0.840. The maximum atomic E-state index is 5.38. The fourth-order valence-electron chi connectivity index (χ4n) is 2.20. The van der Waals surface area contributed by atoms with Crippen molar-refractivity contribution in [2.45, 2.75) is 44.7 Å². The van der Waals surface area contributed by atoms with Crippen LogP contribution in [0, 0.1) is 5.92 Å². The minimum absolute atomic E-state index is 0.445. The Morgan fingerprint density at radius 1 is 1.41 bits per heavy atom. The molecular weight excluding hydrogens is 218 g/mol. The molecule has 3 rings (SSSR count). The van der Waals surface area contributed by atoms with E-state index < -0.39 is 0 Å². The summed E-state index contributed by atoms with van der Waals surface area (Å²) in [6, 6.07) is 0.445. The van der Waals surface area contributed by atoms with Crippen LogP contribution in [0.3, 0.4) is 0 Å². The molecule has 94 valence electrons. The number of ether oxygens (including phenoxy) is 1. The summed E-state index contributed by atoms with van der Waals surface area (Å²) in [5.41, 5.74) is 0. The van der Waals surface area contributed by atoms with Crippen molar-refractivity contribution in [2.75, 3.05) is 13.2 Å². The molecule has 1 aliphatic carbocycles. The van der Waals surface area contributed by atoms with Crippen LogP contribution < -0.4 is 5.32 Å². The van der Waals surface area contributed by atoms with Crippen molar-refractivity contribution in [2.24, 2.45) is 5.92 Å². The third-order valence-corrected chi connectivity index (χ3v) is 3.66. The zero-order chi connectivity index (χ0) is 11.7. The van der Waals surface area contributed by atoms with Crippen LogP contribution in [0.5, 0.6) is 0 Å². The Balaban J connectivity index is 1.48. The molecule has 5 nitrogen and oxygen atoms in total. The molecule has 0 unspecified atom stereocenters. The van der Waals surface area contributed by atoms with Crippen molar-refractivity contribution in [1.29, 1.82) is 0 Å². The summed E-state index contributed by atoms with van der Waals surface area (Å²) in [5, 5.41) is 7.44. The number of rotatable bonds is 5. The van der Waals surface area contributed by atoms with Crippen LogP contribution in [-0.2, 0) is 11.3 Å². The summed E-state index contributed by atoms with van der Waals surface area (Å²) in [7, 11) is 0. The monoisotopic (exact) mass is 237 g/mol. The highest BCUT2D eigenvalue weighted by Crippen LogP contribution is 2.38. The normalized spacial score (nSPS) is 26.3. The lowest BCUT2D eigenvalue weighted by Crippen LogP contribution is -2.33. The Bertz CT molecular complexity index is 370. The van der Waals surface area contributed by atoms with Gasteiger partial charge >= 0.3 is 0 Å². The molecule has 2 aliphatic rings. The first-order chi connectivity index (χ1) is 8.33. The Kier molecular flexibility index (Phi) is 3.11. The van der Waals surface area contributed by atoms with Crippen LogP contribution in [0.1, 0.15) is 43.8 Å². The fourth-order valence-corrected chi connectivity index (χ4v) is 2.20. The summed E-state index contributed by atoms with van der Waals surface area (Å²) in [6.45, 7) is 4.65. The van der Waals surface area contributed by atoms with Gasteiger partial charge in [-0.1, -0.05) is 5.16 Å². The molecule has 2 atom stereocenters. The number of aromatic nitrogens is 2. The first kappa shape index (κ1) is 11.2. The van der Waals surface area contributed by atoms with Gasteiger partial charge in [-0.3, -0.25) is 0 Å². The molecule has 5 heteroatoms. The Morgan fingerprint density at radius 3 is 3.00 bits per heavy atom. The molecule has 2 fully saturated rings. The molecule has 0 bridgehead atoms. The molecule has 2 heterocycles. The van der Waals surface area contributed by atoms with Crippen molar-refractivity contribution in [3.8, 4) is 0 Å². The van der Waals surface area contributed by atoms with Crippen LogP contribution in [0.15, 0.2) is 4.52 Å². The van der Waals surface area contributed by atoms with E-state index in [1.807, 2.05) is 0 Å². The summed E-state index contributed by atoms with van der Waals surface area (Å²) >= 11 is 0. The van der Waals surface area contributed by atoms with Crippen molar-refractivity contribution in [3.63, 3.8) is 0 Å². The van der Waals surface area contributed by atoms with E-state index in [2.05, 4.69) is 22.4 Å². The molecule has 0 aromatic carbocycles. The van der Waals surface area contributed by atoms with Gasteiger partial charge in [0.15, 0.2) is 5.82 Å². The third-order valence-electron chi connectivity index (χ3n) is 3.66. The van der Waals surface area contributed by atoms with E-state index in [1.54, 1.807) is 0 Å². The molecule has 1 aliphatic heterocycles. The predicted molar refractivity (Wildman–Crippen MR) is 61.5 cm³/mol. The highest BCUT2D eigenvalue weighted by atomic mass is 16.5. The molecule has 1 saturated heterocycles. The number of hydrogen-bond donors (Lipinski definition) is 1. The standard InChI is InChI=1S/C12H19N3O2/c1-8(10-4-5-16-7-10)13-6-11-14-12(17-15-11)9-2-3-9/h8-10,13H,2-7H2,1H3/t8-,10-/m0/s1. The second-order valence-corrected chi connectivity index (χ2v) is 5.12. The van der Waals surface area contributed by atoms with Gasteiger partial charge in [-0.25, -0.2) is 0 Å². The SMILES string of the molecule is C[C@H](NCc1noc(C2CC2)n1)[C@H]1CCOC1. The van der Waals surface area contributed by atoms with Crippen molar-refractivity contribution < 1.29 is 9.26 Å². The van der Waals surface area contributed by atoms with Gasteiger partial charge in [0.25, 0.3) is 0 Å². The largest absolute Gasteiger partial charge is 0.381 e. The average Bonchev–Trinajstić information content (AvgIpc) is 2.88. The molecular formula is C12H19N3O2. The van der Waals surface area contributed by atoms with Gasteiger partial charge in [-0.05, 0) is 32.1 Å². The lowest BCUT2D eigenvalue weighted by Gasteiger charge is -2.17.